The summed E-state index contributed by atoms with van der Waals surface area (Å²) in [5.41, 5.74) is 0. The van der Waals surface area contributed by atoms with E-state index in [-0.39, 0.29) is 27.7 Å². The molecule has 7 heteroatoms. The van der Waals surface area contributed by atoms with Crippen molar-refractivity contribution in [3.63, 3.8) is 0 Å². The topological polar surface area (TPSA) is 48.4 Å². The van der Waals surface area contributed by atoms with Crippen LogP contribution in [0.1, 0.15) is 0 Å². The van der Waals surface area contributed by atoms with Gasteiger partial charge in [0.25, 0.3) is 0 Å². The van der Waals surface area contributed by atoms with Crippen molar-refractivity contribution >= 4 is 40.8 Å². The molecule has 0 amide bonds. The quantitative estimate of drug-likeness (QED) is 0.626. The lowest BCUT2D eigenvalue weighted by Crippen LogP contribution is -2.13. The van der Waals surface area contributed by atoms with E-state index in [0.29, 0.717) is 0 Å². The number of esters is 1. The molecular weight excluding hydrogens is 264 g/mol. The summed E-state index contributed by atoms with van der Waals surface area (Å²) in [6.45, 7) is -0.290. The molecule has 0 aliphatic rings. The molecule has 0 aliphatic heterocycles. The standard InChI is InChI=1S/C8H6Cl3NO3/c1-14-6(13)3-15-8-5(10)2-4(9)7(11)12-8/h2H,3H2,1H3. The summed E-state index contributed by atoms with van der Waals surface area (Å²) >= 11 is 17.0. The minimum atomic E-state index is -0.543. The van der Waals surface area contributed by atoms with Crippen molar-refractivity contribution in [1.82, 2.24) is 4.98 Å². The van der Waals surface area contributed by atoms with Crippen LogP contribution in [0.2, 0.25) is 15.2 Å². The minimum Gasteiger partial charge on any atom is -0.466 e. The summed E-state index contributed by atoms with van der Waals surface area (Å²) in [4.78, 5) is 14.5. The molecule has 0 saturated heterocycles. The largest absolute Gasteiger partial charge is 0.466 e. The molecule has 0 spiro atoms. The molecule has 0 saturated carbocycles. The molecule has 0 fully saturated rings. The molecule has 0 aliphatic carbocycles. The van der Waals surface area contributed by atoms with Gasteiger partial charge in [0.2, 0.25) is 5.88 Å². The number of carbonyl (C=O) groups excluding carboxylic acids is 1. The summed E-state index contributed by atoms with van der Waals surface area (Å²) in [6, 6.07) is 1.38. The van der Waals surface area contributed by atoms with E-state index in [1.807, 2.05) is 0 Å². The summed E-state index contributed by atoms with van der Waals surface area (Å²) in [7, 11) is 1.25. The highest BCUT2D eigenvalue weighted by atomic mass is 35.5. The normalized spacial score (nSPS) is 9.87. The Labute approximate surface area is 101 Å². The molecule has 1 aromatic heterocycles. The monoisotopic (exact) mass is 269 g/mol. The Kier molecular flexibility index (Phi) is 4.45. The predicted molar refractivity (Wildman–Crippen MR) is 56.8 cm³/mol. The number of methoxy groups -OCH3 is 1. The Hall–Kier alpha value is -0.710. The van der Waals surface area contributed by atoms with E-state index in [4.69, 9.17) is 39.5 Å². The first kappa shape index (κ1) is 12.4. The van der Waals surface area contributed by atoms with Gasteiger partial charge in [-0.05, 0) is 6.07 Å². The third-order valence-corrected chi connectivity index (χ3v) is 2.35. The zero-order chi connectivity index (χ0) is 11.4. The van der Waals surface area contributed by atoms with Crippen molar-refractivity contribution in [2.75, 3.05) is 13.7 Å². The van der Waals surface area contributed by atoms with E-state index in [9.17, 15) is 4.79 Å². The maximum Gasteiger partial charge on any atom is 0.343 e. The van der Waals surface area contributed by atoms with Crippen molar-refractivity contribution in [2.24, 2.45) is 0 Å². The predicted octanol–water partition coefficient (Wildman–Crippen LogP) is 2.59. The van der Waals surface area contributed by atoms with Gasteiger partial charge in [-0.2, -0.15) is 4.98 Å². The molecule has 1 aromatic rings. The summed E-state index contributed by atoms with van der Waals surface area (Å²) in [6.07, 6.45) is 0. The fourth-order valence-corrected chi connectivity index (χ4v) is 1.26. The van der Waals surface area contributed by atoms with Crippen LogP contribution >= 0.6 is 34.8 Å². The molecule has 15 heavy (non-hydrogen) atoms. The highest BCUT2D eigenvalue weighted by Gasteiger charge is 2.10. The SMILES string of the molecule is COC(=O)COc1nc(Cl)c(Cl)cc1Cl. The van der Waals surface area contributed by atoms with E-state index >= 15 is 0 Å². The van der Waals surface area contributed by atoms with E-state index in [2.05, 4.69) is 9.72 Å². The first-order valence-corrected chi connectivity index (χ1v) is 4.89. The van der Waals surface area contributed by atoms with Crippen LogP contribution in [-0.4, -0.2) is 24.7 Å². The number of hydrogen-bond donors (Lipinski definition) is 0. The van der Waals surface area contributed by atoms with E-state index in [1.165, 1.54) is 13.2 Å². The van der Waals surface area contributed by atoms with E-state index in [0.717, 1.165) is 0 Å². The number of aromatic nitrogens is 1. The van der Waals surface area contributed by atoms with Crippen LogP contribution in [0.4, 0.5) is 0 Å². The minimum absolute atomic E-state index is 0.0384. The van der Waals surface area contributed by atoms with Gasteiger partial charge in [0.1, 0.15) is 5.02 Å². The Morgan fingerprint density at radius 1 is 1.40 bits per heavy atom. The fourth-order valence-electron chi connectivity index (χ4n) is 0.716. The molecule has 1 heterocycles. The number of carbonyl (C=O) groups is 1. The Morgan fingerprint density at radius 2 is 2.07 bits per heavy atom. The molecule has 0 bridgehead atoms. The maximum absolute atomic E-state index is 10.8. The van der Waals surface area contributed by atoms with Crippen molar-refractivity contribution in [3.05, 3.63) is 21.3 Å². The second-order valence-electron chi connectivity index (χ2n) is 2.41. The molecule has 0 radical (unpaired) electrons. The van der Waals surface area contributed by atoms with Crippen molar-refractivity contribution in [2.45, 2.75) is 0 Å². The lowest BCUT2D eigenvalue weighted by molar-refractivity contribution is -0.143. The third kappa shape index (κ3) is 3.41. The van der Waals surface area contributed by atoms with Gasteiger partial charge in [0.15, 0.2) is 11.8 Å². The number of ether oxygens (including phenoxy) is 2. The van der Waals surface area contributed by atoms with Crippen LogP contribution in [0.5, 0.6) is 5.88 Å². The number of halogens is 3. The van der Waals surface area contributed by atoms with Gasteiger partial charge in [-0.25, -0.2) is 4.79 Å². The van der Waals surface area contributed by atoms with Gasteiger partial charge in [0.05, 0.1) is 12.1 Å². The second kappa shape index (κ2) is 5.39. The lowest BCUT2D eigenvalue weighted by Gasteiger charge is -2.06. The highest BCUT2D eigenvalue weighted by Crippen LogP contribution is 2.30. The molecule has 0 unspecified atom stereocenters. The Bertz CT molecular complexity index is 384. The maximum atomic E-state index is 10.8. The van der Waals surface area contributed by atoms with Gasteiger partial charge < -0.3 is 9.47 Å². The van der Waals surface area contributed by atoms with Gasteiger partial charge >= 0.3 is 5.97 Å². The Balaban J connectivity index is 2.77. The highest BCUT2D eigenvalue weighted by molar-refractivity contribution is 6.42. The number of rotatable bonds is 3. The zero-order valence-corrected chi connectivity index (χ0v) is 9.86. The molecule has 1 rings (SSSR count). The first-order chi connectivity index (χ1) is 7.04. The van der Waals surface area contributed by atoms with Crippen LogP contribution in [-0.2, 0) is 9.53 Å². The van der Waals surface area contributed by atoms with Crippen LogP contribution in [0, 0.1) is 0 Å². The summed E-state index contributed by atoms with van der Waals surface area (Å²) < 4.78 is 9.34. The van der Waals surface area contributed by atoms with Crippen LogP contribution in [0.25, 0.3) is 0 Å². The molecule has 0 N–H and O–H groups in total. The molecule has 0 atom stereocenters. The molecule has 82 valence electrons. The molecule has 0 aromatic carbocycles. The fraction of sp³-hybridized carbons (Fsp3) is 0.250. The van der Waals surface area contributed by atoms with Crippen molar-refractivity contribution in [3.8, 4) is 5.88 Å². The zero-order valence-electron chi connectivity index (χ0n) is 7.59. The number of nitrogens with zero attached hydrogens (tertiary/aromatic N) is 1. The van der Waals surface area contributed by atoms with Gasteiger partial charge in [-0.1, -0.05) is 34.8 Å². The van der Waals surface area contributed by atoms with Crippen LogP contribution in [0.15, 0.2) is 6.07 Å². The third-order valence-electron chi connectivity index (χ3n) is 1.41. The molecular formula is C8H6Cl3NO3. The Morgan fingerprint density at radius 3 is 2.67 bits per heavy atom. The lowest BCUT2D eigenvalue weighted by atomic mass is 10.5. The number of hydrogen-bond acceptors (Lipinski definition) is 4. The van der Waals surface area contributed by atoms with Crippen molar-refractivity contribution in [1.29, 1.82) is 0 Å². The average molecular weight is 270 g/mol. The van der Waals surface area contributed by atoms with E-state index < -0.39 is 5.97 Å². The first-order valence-electron chi connectivity index (χ1n) is 3.75. The van der Waals surface area contributed by atoms with E-state index in [1.54, 1.807) is 0 Å². The van der Waals surface area contributed by atoms with Gasteiger partial charge in [-0.15, -0.1) is 0 Å². The summed E-state index contributed by atoms with van der Waals surface area (Å²) in [5.74, 6) is -0.504. The van der Waals surface area contributed by atoms with Crippen LogP contribution in [0.3, 0.4) is 0 Å². The van der Waals surface area contributed by atoms with Gasteiger partial charge in [0, 0.05) is 0 Å². The summed E-state index contributed by atoms with van der Waals surface area (Å²) in [5, 5.41) is 0.446. The van der Waals surface area contributed by atoms with Crippen molar-refractivity contribution < 1.29 is 14.3 Å². The second-order valence-corrected chi connectivity index (χ2v) is 3.59. The smallest absolute Gasteiger partial charge is 0.343 e. The van der Waals surface area contributed by atoms with Crippen LogP contribution < -0.4 is 4.74 Å². The average Bonchev–Trinajstić information content (AvgIpc) is 2.21. The molecule has 4 nitrogen and oxygen atoms in total. The van der Waals surface area contributed by atoms with Gasteiger partial charge in [-0.3, -0.25) is 0 Å². The number of pyridine rings is 1.